The zero-order valence-corrected chi connectivity index (χ0v) is 8.66. The van der Waals surface area contributed by atoms with E-state index in [9.17, 15) is 18.0 Å². The second kappa shape index (κ2) is 2.97. The van der Waals surface area contributed by atoms with E-state index in [0.29, 0.717) is 6.42 Å². The monoisotopic (exact) mass is 208 g/mol. The lowest BCUT2D eigenvalue weighted by Gasteiger charge is -2.28. The molecule has 1 nitrogen and oxygen atoms in total. The molecule has 0 aromatic rings. The van der Waals surface area contributed by atoms with Crippen molar-refractivity contribution in [2.24, 2.45) is 10.8 Å². The maximum absolute atomic E-state index is 12.6. The summed E-state index contributed by atoms with van der Waals surface area (Å²) in [7, 11) is 0. The smallest absolute Gasteiger partial charge is 0.298 e. The third-order valence-corrected chi connectivity index (χ3v) is 3.23. The third-order valence-electron chi connectivity index (χ3n) is 3.23. The minimum absolute atomic E-state index is 0.0290. The summed E-state index contributed by atoms with van der Waals surface area (Å²) in [6.07, 6.45) is -3.97. The molecular weight excluding hydrogens is 193 g/mol. The first-order valence-electron chi connectivity index (χ1n) is 4.79. The minimum atomic E-state index is -4.36. The van der Waals surface area contributed by atoms with E-state index < -0.39 is 22.8 Å². The number of alkyl halides is 3. The Hall–Kier alpha value is -0.540. The van der Waals surface area contributed by atoms with Crippen molar-refractivity contribution in [1.82, 2.24) is 0 Å². The molecule has 0 radical (unpaired) electrons. The largest absolute Gasteiger partial charge is 0.401 e. The molecule has 0 spiro atoms. The number of rotatable bonds is 3. The van der Waals surface area contributed by atoms with Crippen LogP contribution in [0.4, 0.5) is 13.2 Å². The van der Waals surface area contributed by atoms with E-state index in [4.69, 9.17) is 0 Å². The number of hydrogen-bond acceptors (Lipinski definition) is 1. The van der Waals surface area contributed by atoms with Crippen LogP contribution in [0.25, 0.3) is 0 Å². The zero-order valence-electron chi connectivity index (χ0n) is 8.66. The normalized spacial score (nSPS) is 20.7. The Morgan fingerprint density at radius 1 is 1.29 bits per heavy atom. The maximum Gasteiger partial charge on any atom is 0.401 e. The SMILES string of the molecule is CCC(C)(C)C(=O)C1(C(F)(F)F)CC1. The van der Waals surface area contributed by atoms with E-state index in [0.717, 1.165) is 0 Å². The first-order valence-corrected chi connectivity index (χ1v) is 4.79. The molecule has 14 heavy (non-hydrogen) atoms. The van der Waals surface area contributed by atoms with Crippen LogP contribution in [0.2, 0.25) is 0 Å². The van der Waals surface area contributed by atoms with Gasteiger partial charge in [-0.3, -0.25) is 4.79 Å². The number of hydrogen-bond donors (Lipinski definition) is 0. The molecule has 1 rings (SSSR count). The van der Waals surface area contributed by atoms with Gasteiger partial charge in [0.25, 0.3) is 0 Å². The van der Waals surface area contributed by atoms with Gasteiger partial charge in [-0.2, -0.15) is 13.2 Å². The van der Waals surface area contributed by atoms with Gasteiger partial charge in [-0.25, -0.2) is 0 Å². The van der Waals surface area contributed by atoms with Crippen LogP contribution in [-0.4, -0.2) is 12.0 Å². The fourth-order valence-corrected chi connectivity index (χ4v) is 1.57. The molecule has 1 fully saturated rings. The summed E-state index contributed by atoms with van der Waals surface area (Å²) in [6.45, 7) is 4.91. The van der Waals surface area contributed by atoms with Gasteiger partial charge in [-0.1, -0.05) is 20.8 Å². The highest BCUT2D eigenvalue weighted by Crippen LogP contribution is 2.60. The Labute approximate surface area is 81.7 Å². The van der Waals surface area contributed by atoms with Gasteiger partial charge in [0.1, 0.15) is 5.41 Å². The molecule has 0 bridgehead atoms. The predicted octanol–water partition coefficient (Wildman–Crippen LogP) is 3.33. The molecule has 4 heteroatoms. The highest BCUT2D eigenvalue weighted by atomic mass is 19.4. The van der Waals surface area contributed by atoms with Crippen LogP contribution >= 0.6 is 0 Å². The lowest BCUT2D eigenvalue weighted by molar-refractivity contribution is -0.196. The fourth-order valence-electron chi connectivity index (χ4n) is 1.57. The van der Waals surface area contributed by atoms with Crippen molar-refractivity contribution in [3.05, 3.63) is 0 Å². The van der Waals surface area contributed by atoms with Gasteiger partial charge in [0.15, 0.2) is 5.78 Å². The molecule has 1 saturated carbocycles. The number of Topliss-reactive ketones (excluding diaryl/α,β-unsaturated/α-hetero) is 1. The quantitative estimate of drug-likeness (QED) is 0.695. The summed E-state index contributed by atoms with van der Waals surface area (Å²) in [5.41, 5.74) is -2.86. The van der Waals surface area contributed by atoms with Crippen LogP contribution in [-0.2, 0) is 4.79 Å². The van der Waals surface area contributed by atoms with Crippen LogP contribution in [0.3, 0.4) is 0 Å². The first-order chi connectivity index (χ1) is 6.17. The summed E-state index contributed by atoms with van der Waals surface area (Å²) in [5, 5.41) is 0. The van der Waals surface area contributed by atoms with Gasteiger partial charge in [0, 0.05) is 5.41 Å². The molecule has 82 valence electrons. The van der Waals surface area contributed by atoms with E-state index in [-0.39, 0.29) is 12.8 Å². The number of halogens is 3. The third kappa shape index (κ3) is 1.55. The van der Waals surface area contributed by atoms with Gasteiger partial charge in [-0.15, -0.1) is 0 Å². The number of carbonyl (C=O) groups is 1. The second-order valence-corrected chi connectivity index (χ2v) is 4.65. The van der Waals surface area contributed by atoms with Crippen molar-refractivity contribution in [2.75, 3.05) is 0 Å². The second-order valence-electron chi connectivity index (χ2n) is 4.65. The summed E-state index contributed by atoms with van der Waals surface area (Å²) < 4.78 is 37.8. The standard InChI is InChI=1S/C10H15F3O/c1-4-8(2,3)7(14)9(5-6-9)10(11,12)13/h4-6H2,1-3H3. The van der Waals surface area contributed by atoms with Crippen molar-refractivity contribution in [3.63, 3.8) is 0 Å². The Kier molecular flexibility index (Phi) is 2.45. The predicted molar refractivity (Wildman–Crippen MR) is 46.8 cm³/mol. The molecule has 0 atom stereocenters. The Bertz CT molecular complexity index is 249. The summed E-state index contributed by atoms with van der Waals surface area (Å²) >= 11 is 0. The van der Waals surface area contributed by atoms with E-state index in [2.05, 4.69) is 0 Å². The van der Waals surface area contributed by atoms with Gasteiger partial charge in [0.2, 0.25) is 0 Å². The minimum Gasteiger partial charge on any atom is -0.298 e. The van der Waals surface area contributed by atoms with Crippen molar-refractivity contribution < 1.29 is 18.0 Å². The summed E-state index contributed by atoms with van der Waals surface area (Å²) in [4.78, 5) is 11.7. The lowest BCUT2D eigenvalue weighted by Crippen LogP contribution is -2.40. The maximum atomic E-state index is 12.6. The Morgan fingerprint density at radius 3 is 1.93 bits per heavy atom. The Balaban J connectivity index is 2.91. The zero-order chi connectivity index (χ0) is 11.2. The molecule has 0 amide bonds. The average Bonchev–Trinajstić information content (AvgIpc) is 2.81. The van der Waals surface area contributed by atoms with Crippen LogP contribution in [0.5, 0.6) is 0 Å². The number of carbonyl (C=O) groups excluding carboxylic acids is 1. The van der Waals surface area contributed by atoms with Crippen LogP contribution < -0.4 is 0 Å². The molecular formula is C10H15F3O. The topological polar surface area (TPSA) is 17.1 Å². The van der Waals surface area contributed by atoms with Gasteiger partial charge in [-0.05, 0) is 19.3 Å². The Morgan fingerprint density at radius 2 is 1.71 bits per heavy atom. The van der Waals surface area contributed by atoms with E-state index in [1.165, 1.54) is 0 Å². The molecule has 0 aromatic heterocycles. The molecule has 0 N–H and O–H groups in total. The van der Waals surface area contributed by atoms with Gasteiger partial charge in [0.05, 0.1) is 0 Å². The van der Waals surface area contributed by atoms with Crippen LogP contribution in [0, 0.1) is 10.8 Å². The molecule has 0 heterocycles. The van der Waals surface area contributed by atoms with Gasteiger partial charge < -0.3 is 0 Å². The molecule has 1 aliphatic rings. The summed E-state index contributed by atoms with van der Waals surface area (Å²) in [5.74, 6) is -0.639. The molecule has 1 aliphatic carbocycles. The average molecular weight is 208 g/mol. The van der Waals surface area contributed by atoms with Crippen molar-refractivity contribution >= 4 is 5.78 Å². The van der Waals surface area contributed by atoms with E-state index in [1.807, 2.05) is 0 Å². The lowest BCUT2D eigenvalue weighted by atomic mass is 9.77. The number of ketones is 1. The highest BCUT2D eigenvalue weighted by Gasteiger charge is 2.69. The first kappa shape index (κ1) is 11.5. The molecule has 0 saturated heterocycles. The van der Waals surface area contributed by atoms with Crippen molar-refractivity contribution in [3.8, 4) is 0 Å². The van der Waals surface area contributed by atoms with Crippen LogP contribution in [0.15, 0.2) is 0 Å². The van der Waals surface area contributed by atoms with E-state index >= 15 is 0 Å². The van der Waals surface area contributed by atoms with Crippen molar-refractivity contribution in [2.45, 2.75) is 46.2 Å². The summed E-state index contributed by atoms with van der Waals surface area (Å²) in [6, 6.07) is 0. The highest BCUT2D eigenvalue weighted by molar-refractivity contribution is 5.92. The van der Waals surface area contributed by atoms with Crippen LogP contribution in [0.1, 0.15) is 40.0 Å². The fraction of sp³-hybridized carbons (Fsp3) is 0.900. The van der Waals surface area contributed by atoms with Crippen molar-refractivity contribution in [1.29, 1.82) is 0 Å². The molecule has 0 aliphatic heterocycles. The molecule has 0 aromatic carbocycles. The van der Waals surface area contributed by atoms with E-state index in [1.54, 1.807) is 20.8 Å². The van der Waals surface area contributed by atoms with Gasteiger partial charge >= 0.3 is 6.18 Å². The molecule has 0 unspecified atom stereocenters.